The van der Waals surface area contributed by atoms with Crippen molar-refractivity contribution in [1.82, 2.24) is 10.1 Å². The molecule has 0 bridgehead atoms. The van der Waals surface area contributed by atoms with Crippen LogP contribution in [0.15, 0.2) is 40.9 Å². The number of hydrogen-bond acceptors (Lipinski definition) is 6. The van der Waals surface area contributed by atoms with E-state index >= 15 is 0 Å². The summed E-state index contributed by atoms with van der Waals surface area (Å²) in [5.41, 5.74) is 2.25. The normalized spacial score (nSPS) is 18.4. The Labute approximate surface area is 209 Å². The van der Waals surface area contributed by atoms with E-state index in [0.717, 1.165) is 36.8 Å². The van der Waals surface area contributed by atoms with E-state index in [-0.39, 0.29) is 12.3 Å². The van der Waals surface area contributed by atoms with Gasteiger partial charge in [0.1, 0.15) is 0 Å². The van der Waals surface area contributed by atoms with Gasteiger partial charge in [0.05, 0.1) is 11.8 Å². The number of benzene rings is 2. The highest BCUT2D eigenvalue weighted by Gasteiger charge is 2.53. The summed E-state index contributed by atoms with van der Waals surface area (Å²) in [4.78, 5) is 17.2. The molecule has 2 unspecified atom stereocenters. The van der Waals surface area contributed by atoms with Crippen molar-refractivity contribution in [2.45, 2.75) is 55.6 Å². The maximum absolute atomic E-state index is 12.6. The summed E-state index contributed by atoms with van der Waals surface area (Å²) in [6.45, 7) is 1.61. The molecule has 0 radical (unpaired) electrons. The average molecular weight is 519 g/mol. The number of aromatic nitrogens is 2. The molecule has 1 heterocycles. The molecule has 2 fully saturated rings. The van der Waals surface area contributed by atoms with E-state index in [0.29, 0.717) is 38.9 Å². The zero-order valence-electron chi connectivity index (χ0n) is 18.3. The largest absolute Gasteiger partial charge is 0.772 e. The number of anilines is 1. The van der Waals surface area contributed by atoms with E-state index in [4.69, 9.17) is 27.7 Å². The van der Waals surface area contributed by atoms with Gasteiger partial charge < -0.3 is 14.4 Å². The molecule has 7 nitrogen and oxygen atoms in total. The molecule has 1 amide bonds. The monoisotopic (exact) mass is 518 g/mol. The molecule has 3 aromatic rings. The van der Waals surface area contributed by atoms with Gasteiger partial charge in [0, 0.05) is 32.5 Å². The number of carbonyl (C=O) groups is 1. The number of nitrogens with zero attached hydrogens (tertiary/aromatic N) is 2. The lowest BCUT2D eigenvalue weighted by Gasteiger charge is -2.17. The van der Waals surface area contributed by atoms with Gasteiger partial charge in [-0.25, -0.2) is 0 Å². The summed E-state index contributed by atoms with van der Waals surface area (Å²) in [6.07, 6.45) is 3.94. The van der Waals surface area contributed by atoms with Crippen molar-refractivity contribution in [3.63, 3.8) is 0 Å². The Kier molecular flexibility index (Phi) is 6.27. The molecule has 0 saturated heterocycles. The Hall–Kier alpha value is -2.26. The minimum atomic E-state index is -2.19. The second-order valence-electron chi connectivity index (χ2n) is 9.00. The minimum absolute atomic E-state index is 0.128. The number of halogens is 2. The van der Waals surface area contributed by atoms with Gasteiger partial charge in [-0.05, 0) is 66.9 Å². The standard InChI is InChI=1S/C24H23Cl2N3O4S/c1-13(34(31)32)15-4-2-14(3-5-15)10-20(30)27-17-11-18(25)21(19(26)12-17)24(8-9-24)23-28-22(33-29-23)16-6-7-16/h2-5,11-13,16H,6-10H2,1H3,(H,27,30)(H,31,32)/p-1. The highest BCUT2D eigenvalue weighted by Crippen LogP contribution is 2.57. The molecule has 0 spiro atoms. The number of amides is 1. The van der Waals surface area contributed by atoms with Gasteiger partial charge >= 0.3 is 0 Å². The van der Waals surface area contributed by atoms with Gasteiger partial charge in [0.25, 0.3) is 0 Å². The highest BCUT2D eigenvalue weighted by atomic mass is 35.5. The van der Waals surface area contributed by atoms with Crippen LogP contribution >= 0.6 is 23.2 Å². The number of nitrogens with one attached hydrogen (secondary N) is 1. The molecule has 2 aromatic carbocycles. The predicted octanol–water partition coefficient (Wildman–Crippen LogP) is 5.46. The van der Waals surface area contributed by atoms with Crippen LogP contribution in [0.3, 0.4) is 0 Å². The van der Waals surface area contributed by atoms with Crippen LogP contribution in [0.4, 0.5) is 5.69 Å². The van der Waals surface area contributed by atoms with Crippen LogP contribution in [-0.4, -0.2) is 24.8 Å². The number of hydrogen-bond donors (Lipinski definition) is 1. The van der Waals surface area contributed by atoms with Gasteiger partial charge in [-0.1, -0.05) is 52.6 Å². The SMILES string of the molecule is CC(c1ccc(CC(=O)Nc2cc(Cl)c(C3(c4noc(C5CC5)n4)CC3)c(Cl)c2)cc1)S(=O)[O-]. The molecular weight excluding hydrogens is 497 g/mol. The smallest absolute Gasteiger partial charge is 0.229 e. The Morgan fingerprint density at radius 3 is 2.44 bits per heavy atom. The van der Waals surface area contributed by atoms with Crippen LogP contribution in [0.5, 0.6) is 0 Å². The third-order valence-electron chi connectivity index (χ3n) is 6.45. The van der Waals surface area contributed by atoms with Crippen molar-refractivity contribution in [2.24, 2.45) is 0 Å². The van der Waals surface area contributed by atoms with Crippen LogP contribution in [0.25, 0.3) is 0 Å². The second kappa shape index (κ2) is 9.07. The first-order valence-electron chi connectivity index (χ1n) is 11.1. The Morgan fingerprint density at radius 2 is 1.88 bits per heavy atom. The molecule has 2 aliphatic carbocycles. The van der Waals surface area contributed by atoms with E-state index in [2.05, 4.69) is 15.5 Å². The molecule has 1 N–H and O–H groups in total. The lowest BCUT2D eigenvalue weighted by atomic mass is 9.94. The van der Waals surface area contributed by atoms with Gasteiger partial charge in [-0.15, -0.1) is 0 Å². The molecule has 2 saturated carbocycles. The zero-order valence-corrected chi connectivity index (χ0v) is 20.7. The van der Waals surface area contributed by atoms with Gasteiger partial charge in [0.15, 0.2) is 5.82 Å². The predicted molar refractivity (Wildman–Crippen MR) is 129 cm³/mol. The third-order valence-corrected chi connectivity index (χ3v) is 7.90. The summed E-state index contributed by atoms with van der Waals surface area (Å²) < 4.78 is 27.7. The summed E-state index contributed by atoms with van der Waals surface area (Å²) in [6, 6.07) is 10.3. The molecule has 178 valence electrons. The van der Waals surface area contributed by atoms with E-state index in [1.807, 2.05) is 0 Å². The molecule has 0 aliphatic heterocycles. The fourth-order valence-corrected chi connectivity index (χ4v) is 5.37. The quantitative estimate of drug-likeness (QED) is 0.396. The summed E-state index contributed by atoms with van der Waals surface area (Å²) in [7, 11) is 0. The zero-order chi connectivity index (χ0) is 24.0. The van der Waals surface area contributed by atoms with Gasteiger partial charge in [-0.3, -0.25) is 9.00 Å². The van der Waals surface area contributed by atoms with Gasteiger partial charge in [-0.2, -0.15) is 4.98 Å². The van der Waals surface area contributed by atoms with E-state index < -0.39 is 21.7 Å². The molecule has 2 atom stereocenters. The highest BCUT2D eigenvalue weighted by molar-refractivity contribution is 7.79. The fraction of sp³-hybridized carbons (Fsp3) is 0.375. The first kappa shape index (κ1) is 23.5. The first-order chi connectivity index (χ1) is 16.3. The Morgan fingerprint density at radius 1 is 1.24 bits per heavy atom. The lowest BCUT2D eigenvalue weighted by molar-refractivity contribution is -0.115. The van der Waals surface area contributed by atoms with Crippen molar-refractivity contribution < 1.29 is 18.1 Å². The van der Waals surface area contributed by atoms with Crippen molar-refractivity contribution in [2.75, 3.05) is 5.32 Å². The number of carbonyl (C=O) groups excluding carboxylic acids is 1. The number of rotatable bonds is 8. The summed E-state index contributed by atoms with van der Waals surface area (Å²) in [5, 5.41) is 7.33. The van der Waals surface area contributed by atoms with Crippen LogP contribution in [0.2, 0.25) is 10.0 Å². The topological polar surface area (TPSA) is 108 Å². The molecule has 5 rings (SSSR count). The van der Waals surface area contributed by atoms with Gasteiger partial charge in [0.2, 0.25) is 11.8 Å². The van der Waals surface area contributed by atoms with E-state index in [9.17, 15) is 13.6 Å². The van der Waals surface area contributed by atoms with Crippen molar-refractivity contribution in [1.29, 1.82) is 0 Å². The third kappa shape index (κ3) is 4.64. The molecule has 10 heteroatoms. The van der Waals surface area contributed by atoms with Crippen molar-refractivity contribution >= 4 is 45.9 Å². The molecule has 2 aliphatic rings. The second-order valence-corrected chi connectivity index (χ2v) is 11.0. The van der Waals surface area contributed by atoms with E-state index in [1.54, 1.807) is 43.3 Å². The van der Waals surface area contributed by atoms with Crippen molar-refractivity contribution in [3.8, 4) is 0 Å². The van der Waals surface area contributed by atoms with Crippen molar-refractivity contribution in [3.05, 3.63) is 74.8 Å². The maximum Gasteiger partial charge on any atom is 0.229 e. The fourth-order valence-electron chi connectivity index (χ4n) is 4.15. The average Bonchev–Trinajstić information content (AvgIpc) is 3.73. The minimum Gasteiger partial charge on any atom is -0.772 e. The van der Waals surface area contributed by atoms with E-state index in [1.165, 1.54) is 0 Å². The van der Waals surface area contributed by atoms with Crippen LogP contribution < -0.4 is 5.32 Å². The maximum atomic E-state index is 12.6. The molecule has 1 aromatic heterocycles. The first-order valence-corrected chi connectivity index (χ1v) is 13.0. The van der Waals surface area contributed by atoms with Crippen LogP contribution in [-0.2, 0) is 27.7 Å². The van der Waals surface area contributed by atoms with Crippen LogP contribution in [0.1, 0.15) is 72.2 Å². The lowest BCUT2D eigenvalue weighted by Crippen LogP contribution is -2.16. The summed E-state index contributed by atoms with van der Waals surface area (Å²) >= 11 is 11.1. The van der Waals surface area contributed by atoms with Crippen LogP contribution in [0, 0.1) is 0 Å². The Balaban J connectivity index is 1.29. The molecular formula is C24H22Cl2N3O4S-. The summed E-state index contributed by atoms with van der Waals surface area (Å²) in [5.74, 6) is 1.44. The Bertz CT molecular complexity index is 1250. The molecule has 34 heavy (non-hydrogen) atoms.